The summed E-state index contributed by atoms with van der Waals surface area (Å²) < 4.78 is 2.17. The smallest absolute Gasteiger partial charge is 0.0992 e. The van der Waals surface area contributed by atoms with Crippen molar-refractivity contribution in [1.82, 2.24) is 14.8 Å². The first-order valence-corrected chi connectivity index (χ1v) is 6.88. The summed E-state index contributed by atoms with van der Waals surface area (Å²) in [7, 11) is 0. The average Bonchev–Trinajstić information content (AvgIpc) is 3.00. The number of aromatic nitrogens is 1. The average molecular weight is 247 g/mol. The Labute approximate surface area is 106 Å². The van der Waals surface area contributed by atoms with Gasteiger partial charge in [-0.1, -0.05) is 0 Å². The molecule has 90 valence electrons. The molecule has 0 unspecified atom stereocenters. The molecule has 0 saturated carbocycles. The molecule has 1 aliphatic heterocycles. The zero-order chi connectivity index (χ0) is 11.5. The zero-order valence-electron chi connectivity index (χ0n) is 9.80. The minimum atomic E-state index is 1.09. The number of nitrogens with zero attached hydrogens (tertiary/aromatic N) is 2. The SMILES string of the molecule is c1ccn(-c2ccc(CN3CCNCC3)s2)c1. The second kappa shape index (κ2) is 5.04. The van der Waals surface area contributed by atoms with Crippen molar-refractivity contribution in [2.45, 2.75) is 6.54 Å². The van der Waals surface area contributed by atoms with Gasteiger partial charge in [0, 0.05) is 50.0 Å². The number of hydrogen-bond acceptors (Lipinski definition) is 3. The molecule has 1 saturated heterocycles. The van der Waals surface area contributed by atoms with E-state index in [1.165, 1.54) is 9.88 Å². The van der Waals surface area contributed by atoms with Gasteiger partial charge in [0.15, 0.2) is 0 Å². The minimum Gasteiger partial charge on any atom is -0.316 e. The maximum Gasteiger partial charge on any atom is 0.0992 e. The third-order valence-electron chi connectivity index (χ3n) is 3.10. The first-order valence-electron chi connectivity index (χ1n) is 6.07. The Balaban J connectivity index is 1.68. The van der Waals surface area contributed by atoms with E-state index in [4.69, 9.17) is 0 Å². The summed E-state index contributed by atoms with van der Waals surface area (Å²) >= 11 is 1.89. The van der Waals surface area contributed by atoms with Gasteiger partial charge < -0.3 is 9.88 Å². The van der Waals surface area contributed by atoms with E-state index in [0.717, 1.165) is 32.7 Å². The largest absolute Gasteiger partial charge is 0.316 e. The lowest BCUT2D eigenvalue weighted by atomic mass is 10.3. The van der Waals surface area contributed by atoms with Crippen molar-refractivity contribution in [2.75, 3.05) is 26.2 Å². The molecule has 0 aliphatic carbocycles. The van der Waals surface area contributed by atoms with Crippen LogP contribution in [0.4, 0.5) is 0 Å². The van der Waals surface area contributed by atoms with E-state index in [1.807, 2.05) is 11.3 Å². The molecule has 1 N–H and O–H groups in total. The molecule has 0 aromatic carbocycles. The monoisotopic (exact) mass is 247 g/mol. The van der Waals surface area contributed by atoms with E-state index < -0.39 is 0 Å². The summed E-state index contributed by atoms with van der Waals surface area (Å²) in [4.78, 5) is 3.97. The Morgan fingerprint density at radius 2 is 1.88 bits per heavy atom. The molecule has 2 aromatic rings. The molecule has 2 aromatic heterocycles. The molecule has 3 heterocycles. The van der Waals surface area contributed by atoms with Crippen LogP contribution in [-0.4, -0.2) is 35.6 Å². The van der Waals surface area contributed by atoms with Gasteiger partial charge in [0.2, 0.25) is 0 Å². The van der Waals surface area contributed by atoms with Gasteiger partial charge in [-0.15, -0.1) is 11.3 Å². The van der Waals surface area contributed by atoms with Crippen LogP contribution in [0.3, 0.4) is 0 Å². The van der Waals surface area contributed by atoms with Crippen molar-refractivity contribution < 1.29 is 0 Å². The highest BCUT2D eigenvalue weighted by atomic mass is 32.1. The second-order valence-corrected chi connectivity index (χ2v) is 5.50. The van der Waals surface area contributed by atoms with Crippen molar-refractivity contribution >= 4 is 11.3 Å². The van der Waals surface area contributed by atoms with E-state index in [2.05, 4.69) is 51.4 Å². The molecule has 3 rings (SSSR count). The van der Waals surface area contributed by atoms with Crippen LogP contribution in [-0.2, 0) is 6.54 Å². The number of hydrogen-bond donors (Lipinski definition) is 1. The molecular formula is C13H17N3S. The van der Waals surface area contributed by atoms with Crippen LogP contribution in [0, 0.1) is 0 Å². The van der Waals surface area contributed by atoms with Gasteiger partial charge in [-0.2, -0.15) is 0 Å². The third-order valence-corrected chi connectivity index (χ3v) is 4.18. The quantitative estimate of drug-likeness (QED) is 0.894. The van der Waals surface area contributed by atoms with Gasteiger partial charge in [0.05, 0.1) is 5.00 Å². The highest BCUT2D eigenvalue weighted by molar-refractivity contribution is 7.14. The maximum absolute atomic E-state index is 3.39. The number of piperazine rings is 1. The third kappa shape index (κ3) is 2.60. The van der Waals surface area contributed by atoms with Crippen LogP contribution in [0.25, 0.3) is 5.00 Å². The van der Waals surface area contributed by atoms with E-state index >= 15 is 0 Å². The fourth-order valence-electron chi connectivity index (χ4n) is 2.16. The van der Waals surface area contributed by atoms with E-state index in [-0.39, 0.29) is 0 Å². The molecule has 17 heavy (non-hydrogen) atoms. The highest BCUT2D eigenvalue weighted by Crippen LogP contribution is 2.22. The topological polar surface area (TPSA) is 20.2 Å². The first-order chi connectivity index (χ1) is 8.42. The van der Waals surface area contributed by atoms with Crippen LogP contribution in [0.1, 0.15) is 4.88 Å². The molecule has 3 nitrogen and oxygen atoms in total. The predicted molar refractivity (Wildman–Crippen MR) is 71.8 cm³/mol. The van der Waals surface area contributed by atoms with Gasteiger partial charge in [0.25, 0.3) is 0 Å². The Kier molecular flexibility index (Phi) is 3.27. The Hall–Kier alpha value is -1.10. The molecule has 0 bridgehead atoms. The van der Waals surface area contributed by atoms with E-state index in [1.54, 1.807) is 0 Å². The van der Waals surface area contributed by atoms with E-state index in [0.29, 0.717) is 0 Å². The standard InChI is InChI=1S/C13H17N3S/c1-2-8-16(7-1)13-4-3-12(17-13)11-15-9-5-14-6-10-15/h1-4,7-8,14H,5-6,9-11H2. The van der Waals surface area contributed by atoms with Gasteiger partial charge in [-0.3, -0.25) is 4.90 Å². The molecule has 1 fully saturated rings. The van der Waals surface area contributed by atoms with Gasteiger partial charge in [-0.05, 0) is 24.3 Å². The van der Waals surface area contributed by atoms with E-state index in [9.17, 15) is 0 Å². The normalized spacial score (nSPS) is 17.4. The Morgan fingerprint density at radius 1 is 1.12 bits per heavy atom. The molecule has 0 radical (unpaired) electrons. The van der Waals surface area contributed by atoms with Crippen molar-refractivity contribution in [3.05, 3.63) is 41.5 Å². The van der Waals surface area contributed by atoms with Crippen LogP contribution in [0.15, 0.2) is 36.7 Å². The fourth-order valence-corrected chi connectivity index (χ4v) is 3.18. The lowest BCUT2D eigenvalue weighted by Crippen LogP contribution is -2.42. The predicted octanol–water partition coefficient (Wildman–Crippen LogP) is 1.94. The highest BCUT2D eigenvalue weighted by Gasteiger charge is 2.11. The van der Waals surface area contributed by atoms with Crippen molar-refractivity contribution in [3.8, 4) is 5.00 Å². The summed E-state index contributed by atoms with van der Waals surface area (Å²) in [6, 6.07) is 8.59. The summed E-state index contributed by atoms with van der Waals surface area (Å²) in [6.07, 6.45) is 4.20. The number of rotatable bonds is 3. The van der Waals surface area contributed by atoms with Crippen LogP contribution in [0.5, 0.6) is 0 Å². The lowest BCUT2D eigenvalue weighted by Gasteiger charge is -2.26. The molecule has 4 heteroatoms. The lowest BCUT2D eigenvalue weighted by molar-refractivity contribution is 0.235. The summed E-state index contributed by atoms with van der Waals surface area (Å²) in [5, 5.41) is 4.69. The van der Waals surface area contributed by atoms with Crippen molar-refractivity contribution in [3.63, 3.8) is 0 Å². The summed E-state index contributed by atoms with van der Waals surface area (Å²) in [6.45, 7) is 5.66. The number of nitrogens with one attached hydrogen (secondary N) is 1. The molecular weight excluding hydrogens is 230 g/mol. The van der Waals surface area contributed by atoms with Gasteiger partial charge in [0.1, 0.15) is 0 Å². The summed E-state index contributed by atoms with van der Waals surface area (Å²) in [5.41, 5.74) is 0. The number of thiophene rings is 1. The maximum atomic E-state index is 3.39. The minimum absolute atomic E-state index is 1.09. The Morgan fingerprint density at radius 3 is 2.65 bits per heavy atom. The van der Waals surface area contributed by atoms with Crippen molar-refractivity contribution in [1.29, 1.82) is 0 Å². The fraction of sp³-hybridized carbons (Fsp3) is 0.385. The molecule has 0 spiro atoms. The van der Waals surface area contributed by atoms with Gasteiger partial charge >= 0.3 is 0 Å². The molecule has 0 atom stereocenters. The molecule has 0 amide bonds. The van der Waals surface area contributed by atoms with Crippen LogP contribution in [0.2, 0.25) is 0 Å². The second-order valence-electron chi connectivity index (χ2n) is 4.36. The summed E-state index contributed by atoms with van der Waals surface area (Å²) in [5.74, 6) is 0. The zero-order valence-corrected chi connectivity index (χ0v) is 10.6. The Bertz CT molecular complexity index is 455. The van der Waals surface area contributed by atoms with Crippen LogP contribution < -0.4 is 5.32 Å². The van der Waals surface area contributed by atoms with Crippen molar-refractivity contribution in [2.24, 2.45) is 0 Å². The molecule has 1 aliphatic rings. The van der Waals surface area contributed by atoms with Crippen LogP contribution >= 0.6 is 11.3 Å². The first kappa shape index (κ1) is 11.0. The van der Waals surface area contributed by atoms with Gasteiger partial charge in [-0.25, -0.2) is 0 Å².